The van der Waals surface area contributed by atoms with Gasteiger partial charge in [0, 0.05) is 33.8 Å². The first-order valence-corrected chi connectivity index (χ1v) is 13.6. The lowest BCUT2D eigenvalue weighted by atomic mass is 10.0. The van der Waals surface area contributed by atoms with E-state index in [-0.39, 0.29) is 5.91 Å². The van der Waals surface area contributed by atoms with E-state index in [1.54, 1.807) is 10.7 Å². The van der Waals surface area contributed by atoms with Crippen LogP contribution in [0.25, 0.3) is 11.2 Å². The standard InChI is InChI=1S/C27H23BrClN5OS/c28-22-16-31-34-25(14-24(33-27(22)34)21-11-4-5-12-23(21)29)30-15-18-7-6-8-19(13-18)32-26(35)17-36-20-9-2-1-3-10-20/h1-3,6-14,16,30H,4-5,15,17H2,(H,32,35). The Morgan fingerprint density at radius 1 is 1.08 bits per heavy atom. The van der Waals surface area contributed by atoms with Gasteiger partial charge in [-0.2, -0.15) is 9.61 Å². The number of anilines is 2. The highest BCUT2D eigenvalue weighted by atomic mass is 79.9. The number of thioether (sulfide) groups is 1. The Balaban J connectivity index is 1.29. The zero-order valence-corrected chi connectivity index (χ0v) is 22.4. The van der Waals surface area contributed by atoms with Gasteiger partial charge in [0.25, 0.3) is 0 Å². The Kier molecular flexibility index (Phi) is 7.75. The molecule has 1 aliphatic carbocycles. The number of hydrogen-bond acceptors (Lipinski definition) is 5. The first-order chi connectivity index (χ1) is 17.6. The van der Waals surface area contributed by atoms with Gasteiger partial charge in [-0.1, -0.05) is 54.1 Å². The molecule has 0 unspecified atom stereocenters. The summed E-state index contributed by atoms with van der Waals surface area (Å²) in [5, 5.41) is 11.6. The van der Waals surface area contributed by atoms with Gasteiger partial charge in [-0.15, -0.1) is 11.8 Å². The highest BCUT2D eigenvalue weighted by molar-refractivity contribution is 9.10. The second-order valence-electron chi connectivity index (χ2n) is 8.21. The van der Waals surface area contributed by atoms with Gasteiger partial charge in [-0.3, -0.25) is 4.79 Å². The number of halogens is 2. The van der Waals surface area contributed by atoms with E-state index in [2.05, 4.69) is 37.7 Å². The highest BCUT2D eigenvalue weighted by Crippen LogP contribution is 2.32. The molecule has 6 nitrogen and oxygen atoms in total. The first kappa shape index (κ1) is 24.6. The van der Waals surface area contributed by atoms with Crippen molar-refractivity contribution in [3.8, 4) is 0 Å². The molecular weight excluding hydrogens is 558 g/mol. The number of fused-ring (bicyclic) bond motifs is 1. The molecule has 0 fully saturated rings. The third-order valence-electron chi connectivity index (χ3n) is 5.60. The molecule has 0 atom stereocenters. The molecular formula is C27H23BrClN5OS. The van der Waals surface area contributed by atoms with Crippen LogP contribution in [-0.2, 0) is 11.3 Å². The summed E-state index contributed by atoms with van der Waals surface area (Å²) < 4.78 is 2.57. The van der Waals surface area contributed by atoms with Crippen molar-refractivity contribution in [2.24, 2.45) is 0 Å². The third-order valence-corrected chi connectivity index (χ3v) is 7.53. The predicted molar refractivity (Wildman–Crippen MR) is 151 cm³/mol. The number of hydrogen-bond donors (Lipinski definition) is 2. The second-order valence-corrected chi connectivity index (χ2v) is 10.5. The maximum absolute atomic E-state index is 12.4. The largest absolute Gasteiger partial charge is 0.366 e. The molecule has 2 heterocycles. The summed E-state index contributed by atoms with van der Waals surface area (Å²) in [5.41, 5.74) is 4.22. The van der Waals surface area contributed by atoms with Crippen LogP contribution in [0.15, 0.2) is 93.4 Å². The Labute approximate surface area is 227 Å². The molecule has 1 amide bonds. The molecule has 2 aromatic carbocycles. The maximum Gasteiger partial charge on any atom is 0.234 e. The molecule has 0 bridgehead atoms. The summed E-state index contributed by atoms with van der Waals surface area (Å²) in [5.74, 6) is 1.11. The second kappa shape index (κ2) is 11.3. The van der Waals surface area contributed by atoms with Crippen LogP contribution in [0, 0.1) is 0 Å². The summed E-state index contributed by atoms with van der Waals surface area (Å²) in [6.45, 7) is 0.543. The third kappa shape index (κ3) is 5.83. The lowest BCUT2D eigenvalue weighted by molar-refractivity contribution is -0.113. The van der Waals surface area contributed by atoms with Crippen molar-refractivity contribution in [1.29, 1.82) is 0 Å². The molecule has 9 heteroatoms. The number of rotatable bonds is 8. The summed E-state index contributed by atoms with van der Waals surface area (Å²) >= 11 is 11.5. The van der Waals surface area contributed by atoms with Crippen LogP contribution in [0.2, 0.25) is 0 Å². The quantitative estimate of drug-likeness (QED) is 0.217. The topological polar surface area (TPSA) is 71.3 Å². The first-order valence-electron chi connectivity index (χ1n) is 11.5. The fourth-order valence-electron chi connectivity index (χ4n) is 3.89. The molecule has 36 heavy (non-hydrogen) atoms. The molecule has 0 spiro atoms. The van der Waals surface area contributed by atoms with Gasteiger partial charge in [0.2, 0.25) is 5.91 Å². The van der Waals surface area contributed by atoms with E-state index in [0.29, 0.717) is 23.0 Å². The maximum atomic E-state index is 12.4. The highest BCUT2D eigenvalue weighted by Gasteiger charge is 2.16. The average molecular weight is 581 g/mol. The predicted octanol–water partition coefficient (Wildman–Crippen LogP) is 7.13. The van der Waals surface area contributed by atoms with Crippen molar-refractivity contribution < 1.29 is 4.79 Å². The number of carbonyl (C=O) groups excluding carboxylic acids is 1. The van der Waals surface area contributed by atoms with Crippen LogP contribution in [0.5, 0.6) is 0 Å². The summed E-state index contributed by atoms with van der Waals surface area (Å²) in [4.78, 5) is 18.3. The zero-order valence-electron chi connectivity index (χ0n) is 19.2. The lowest BCUT2D eigenvalue weighted by Gasteiger charge is -2.15. The average Bonchev–Trinajstić information content (AvgIpc) is 3.28. The van der Waals surface area contributed by atoms with Crippen molar-refractivity contribution in [2.75, 3.05) is 16.4 Å². The molecule has 182 valence electrons. The van der Waals surface area contributed by atoms with Crippen molar-refractivity contribution in [1.82, 2.24) is 14.6 Å². The van der Waals surface area contributed by atoms with Crippen LogP contribution >= 0.6 is 39.3 Å². The van der Waals surface area contributed by atoms with E-state index in [9.17, 15) is 4.79 Å². The zero-order chi connectivity index (χ0) is 24.9. The number of allylic oxidation sites excluding steroid dienone is 4. The fourth-order valence-corrected chi connectivity index (χ4v) is 5.24. The number of nitrogens with one attached hydrogen (secondary N) is 2. The van der Waals surface area contributed by atoms with Crippen molar-refractivity contribution in [2.45, 2.75) is 24.3 Å². The Morgan fingerprint density at radius 2 is 1.92 bits per heavy atom. The van der Waals surface area contributed by atoms with E-state index in [1.807, 2.05) is 66.7 Å². The Hall–Kier alpha value is -3.07. The van der Waals surface area contributed by atoms with Gasteiger partial charge in [0.15, 0.2) is 5.65 Å². The van der Waals surface area contributed by atoms with Gasteiger partial charge in [0.05, 0.1) is 22.1 Å². The van der Waals surface area contributed by atoms with Crippen molar-refractivity contribution in [3.05, 3.63) is 99.8 Å². The van der Waals surface area contributed by atoms with Crippen LogP contribution in [-0.4, -0.2) is 26.3 Å². The summed E-state index contributed by atoms with van der Waals surface area (Å²) in [6.07, 6.45) is 7.75. The van der Waals surface area contributed by atoms with Crippen molar-refractivity contribution >= 4 is 67.9 Å². The number of carbonyl (C=O) groups is 1. The number of aromatic nitrogens is 3. The number of nitrogens with zero attached hydrogens (tertiary/aromatic N) is 3. The van der Waals surface area contributed by atoms with Crippen LogP contribution in [0.4, 0.5) is 11.5 Å². The summed E-state index contributed by atoms with van der Waals surface area (Å²) in [7, 11) is 0. The van der Waals surface area contributed by atoms with E-state index in [1.165, 1.54) is 11.8 Å². The molecule has 0 aliphatic heterocycles. The van der Waals surface area contributed by atoms with Crippen LogP contribution < -0.4 is 10.6 Å². The number of benzene rings is 2. The Bertz CT molecular complexity index is 1470. The van der Waals surface area contributed by atoms with Crippen LogP contribution in [0.1, 0.15) is 24.1 Å². The molecule has 0 saturated carbocycles. The molecule has 2 aromatic heterocycles. The monoisotopic (exact) mass is 579 g/mol. The van der Waals surface area contributed by atoms with Gasteiger partial charge in [0.1, 0.15) is 5.82 Å². The van der Waals surface area contributed by atoms with Gasteiger partial charge < -0.3 is 10.6 Å². The lowest BCUT2D eigenvalue weighted by Crippen LogP contribution is -2.14. The minimum Gasteiger partial charge on any atom is -0.366 e. The minimum atomic E-state index is -0.0403. The number of amides is 1. The van der Waals surface area contributed by atoms with Gasteiger partial charge in [-0.05, 0) is 58.6 Å². The SMILES string of the molecule is O=C(CSc1ccccc1)Nc1cccc(CNc2cc(C3=CCCC=C3Cl)nc3c(Br)cnn23)c1. The van der Waals surface area contributed by atoms with E-state index in [4.69, 9.17) is 16.6 Å². The molecule has 5 rings (SSSR count). The van der Waals surface area contributed by atoms with E-state index < -0.39 is 0 Å². The molecule has 0 saturated heterocycles. The fraction of sp³-hybridized carbons (Fsp3) is 0.148. The van der Waals surface area contributed by atoms with Crippen LogP contribution in [0.3, 0.4) is 0 Å². The van der Waals surface area contributed by atoms with Crippen molar-refractivity contribution in [3.63, 3.8) is 0 Å². The van der Waals surface area contributed by atoms with Gasteiger partial charge in [-0.25, -0.2) is 4.98 Å². The minimum absolute atomic E-state index is 0.0403. The molecule has 1 aliphatic rings. The molecule has 2 N–H and O–H groups in total. The molecule has 0 radical (unpaired) electrons. The summed E-state index contributed by atoms with van der Waals surface area (Å²) in [6, 6.07) is 19.7. The van der Waals surface area contributed by atoms with E-state index in [0.717, 1.165) is 50.5 Å². The Morgan fingerprint density at radius 3 is 2.75 bits per heavy atom. The smallest absolute Gasteiger partial charge is 0.234 e. The van der Waals surface area contributed by atoms with Gasteiger partial charge >= 0.3 is 0 Å². The normalized spacial score (nSPS) is 13.3. The van der Waals surface area contributed by atoms with E-state index >= 15 is 0 Å². The molecule has 4 aromatic rings.